The quantitative estimate of drug-likeness (QED) is 0.336. The van der Waals surface area contributed by atoms with E-state index >= 15 is 0 Å². The van der Waals surface area contributed by atoms with Crippen LogP contribution in [0.25, 0.3) is 16.6 Å². The number of carbonyl (C=O) groups excluding carboxylic acids is 1. The molecule has 1 aliphatic rings. The van der Waals surface area contributed by atoms with Gasteiger partial charge in [0.1, 0.15) is 5.82 Å². The van der Waals surface area contributed by atoms with Crippen molar-refractivity contribution in [2.45, 2.75) is 25.9 Å². The maximum absolute atomic E-state index is 12.6. The maximum atomic E-state index is 12.6. The fourth-order valence-corrected chi connectivity index (χ4v) is 3.15. The van der Waals surface area contributed by atoms with Gasteiger partial charge in [-0.05, 0) is 54.7 Å². The molecule has 4 rings (SSSR count). The third kappa shape index (κ3) is 5.43. The smallest absolute Gasteiger partial charge is 0.289 e. The molecule has 162 valence electrons. The van der Waals surface area contributed by atoms with Gasteiger partial charge in [-0.3, -0.25) is 15.0 Å². The highest BCUT2D eigenvalue weighted by atomic mass is 19.4. The Morgan fingerprint density at radius 2 is 1.90 bits per heavy atom. The summed E-state index contributed by atoms with van der Waals surface area (Å²) in [7, 11) is 0. The van der Waals surface area contributed by atoms with Crippen LogP contribution in [0, 0.1) is 18.7 Å². The van der Waals surface area contributed by atoms with Crippen LogP contribution in [0.3, 0.4) is 0 Å². The molecule has 2 N–H and O–H groups in total. The van der Waals surface area contributed by atoms with Crippen molar-refractivity contribution in [1.29, 1.82) is 0 Å². The summed E-state index contributed by atoms with van der Waals surface area (Å²) in [6, 6.07) is 11.5. The van der Waals surface area contributed by atoms with Crippen molar-refractivity contribution in [2.75, 3.05) is 0 Å². The zero-order chi connectivity index (χ0) is 22.6. The fraction of sp³-hybridized carbons (Fsp3) is 0.227. The number of fused-ring (bicyclic) bond motifs is 1. The maximum Gasteiger partial charge on any atom is 0.434 e. The predicted octanol–water partition coefficient (Wildman–Crippen LogP) is 5.08. The number of hydrogen-bond donors (Lipinski definition) is 2. The van der Waals surface area contributed by atoms with Crippen molar-refractivity contribution in [1.82, 2.24) is 15.4 Å². The Bertz CT molecular complexity index is 1110. The van der Waals surface area contributed by atoms with Crippen LogP contribution in [0.5, 0.6) is 0 Å². The second-order valence-corrected chi connectivity index (χ2v) is 7.02. The molecule has 1 aromatic heterocycles. The molecule has 9 heteroatoms. The van der Waals surface area contributed by atoms with Gasteiger partial charge < -0.3 is 0 Å². The number of aryl methyl sites for hydroxylation is 1. The minimum Gasteiger partial charge on any atom is -0.289 e. The average Bonchev–Trinajstić information content (AvgIpc) is 3.25. The number of carbonyl (C=O) groups is 1. The molecule has 1 aliphatic carbocycles. The van der Waals surface area contributed by atoms with Gasteiger partial charge >= 0.3 is 6.18 Å². The molecule has 0 saturated carbocycles. The number of hydrogen-bond acceptors (Lipinski definition) is 4. The predicted molar refractivity (Wildman–Crippen MR) is 106 cm³/mol. The highest BCUT2D eigenvalue weighted by molar-refractivity contribution is 5.86. The molecule has 0 radical (unpaired) electrons. The minimum absolute atomic E-state index is 0.132. The first-order chi connectivity index (χ1) is 14.7. The van der Waals surface area contributed by atoms with Crippen LogP contribution in [-0.2, 0) is 11.0 Å². The van der Waals surface area contributed by atoms with E-state index in [9.17, 15) is 22.4 Å². The molecule has 5 nitrogen and oxygen atoms in total. The molecule has 31 heavy (non-hydrogen) atoms. The van der Waals surface area contributed by atoms with Gasteiger partial charge in [-0.25, -0.2) is 14.9 Å². The molecular weight excluding hydrogens is 414 g/mol. The molecule has 0 spiro atoms. The first kappa shape index (κ1) is 22.4. The molecule has 1 atom stereocenters. The Hall–Kier alpha value is -3.33. The van der Waals surface area contributed by atoms with Crippen molar-refractivity contribution < 1.29 is 27.6 Å². The van der Waals surface area contributed by atoms with Crippen molar-refractivity contribution >= 4 is 22.5 Å². The first-order valence-corrected chi connectivity index (χ1v) is 9.39. The number of nitrogens with one attached hydrogen (secondary N) is 1. The molecule has 0 fully saturated rings. The largest absolute Gasteiger partial charge is 0.434 e. The van der Waals surface area contributed by atoms with Crippen molar-refractivity contribution in [3.8, 4) is 0 Å². The Morgan fingerprint density at radius 1 is 1.16 bits per heavy atom. The number of benzene rings is 2. The number of hydroxylamine groups is 1. The molecule has 3 aromatic rings. The number of amides is 1. The standard InChI is InChI=1S/C15H12F3N3O2.C7H7F/c16-15(17,18)13-7-19-12-6-9(3-4-11(12)20-13)8-1-2-10(5-8)14(22)21-23;1-6-4-2-3-5-7(6)8/h3-7,10,23H,1-2H2,(H,21,22);2-5H,1H3. The van der Waals surface area contributed by atoms with Gasteiger partial charge in [-0.1, -0.05) is 30.3 Å². The van der Waals surface area contributed by atoms with Crippen LogP contribution in [0.15, 0.2) is 54.7 Å². The summed E-state index contributed by atoms with van der Waals surface area (Å²) in [5.41, 5.74) is 3.47. The van der Waals surface area contributed by atoms with Crippen LogP contribution in [0.2, 0.25) is 0 Å². The lowest BCUT2D eigenvalue weighted by Crippen LogP contribution is -2.25. The highest BCUT2D eigenvalue weighted by Gasteiger charge is 2.33. The summed E-state index contributed by atoms with van der Waals surface area (Å²) in [4.78, 5) is 18.8. The van der Waals surface area contributed by atoms with Gasteiger partial charge in [0, 0.05) is 0 Å². The van der Waals surface area contributed by atoms with Gasteiger partial charge in [-0.15, -0.1) is 0 Å². The Balaban J connectivity index is 0.000000287. The minimum atomic E-state index is -4.53. The Kier molecular flexibility index (Phi) is 6.65. The number of alkyl halides is 3. The molecule has 1 unspecified atom stereocenters. The van der Waals surface area contributed by atoms with E-state index in [0.29, 0.717) is 30.1 Å². The molecule has 0 aliphatic heterocycles. The van der Waals surface area contributed by atoms with Crippen molar-refractivity contribution in [3.05, 3.63) is 77.4 Å². The summed E-state index contributed by atoms with van der Waals surface area (Å²) in [6.45, 7) is 1.75. The van der Waals surface area contributed by atoms with E-state index in [1.54, 1.807) is 42.7 Å². The van der Waals surface area contributed by atoms with Crippen LogP contribution in [0.4, 0.5) is 17.6 Å². The number of allylic oxidation sites excluding steroid dienone is 1. The van der Waals surface area contributed by atoms with Crippen LogP contribution in [0.1, 0.15) is 29.7 Å². The van der Waals surface area contributed by atoms with Gasteiger partial charge in [-0.2, -0.15) is 13.2 Å². The summed E-state index contributed by atoms with van der Waals surface area (Å²) >= 11 is 0. The Labute approximate surface area is 175 Å². The molecular formula is C22H19F4N3O2. The van der Waals surface area contributed by atoms with Crippen LogP contribution < -0.4 is 5.48 Å². The summed E-state index contributed by atoms with van der Waals surface area (Å²) in [5, 5.41) is 8.65. The van der Waals surface area contributed by atoms with E-state index in [0.717, 1.165) is 11.1 Å². The monoisotopic (exact) mass is 433 g/mol. The highest BCUT2D eigenvalue weighted by Crippen LogP contribution is 2.33. The number of halogens is 4. The molecule has 0 saturated heterocycles. The molecule has 1 amide bonds. The first-order valence-electron chi connectivity index (χ1n) is 9.39. The van der Waals surface area contributed by atoms with E-state index in [-0.39, 0.29) is 11.3 Å². The number of nitrogens with zero attached hydrogens (tertiary/aromatic N) is 2. The molecule has 1 heterocycles. The van der Waals surface area contributed by atoms with E-state index in [1.807, 2.05) is 6.07 Å². The van der Waals surface area contributed by atoms with Crippen LogP contribution >= 0.6 is 0 Å². The zero-order valence-electron chi connectivity index (χ0n) is 16.4. The third-order valence-electron chi connectivity index (χ3n) is 4.85. The van der Waals surface area contributed by atoms with Crippen molar-refractivity contribution in [2.24, 2.45) is 5.92 Å². The zero-order valence-corrected chi connectivity index (χ0v) is 16.4. The van der Waals surface area contributed by atoms with Gasteiger partial charge in [0.15, 0.2) is 5.69 Å². The summed E-state index contributed by atoms with van der Waals surface area (Å²) < 4.78 is 50.2. The number of rotatable bonds is 2. The summed E-state index contributed by atoms with van der Waals surface area (Å²) in [5.74, 6) is -1.02. The Morgan fingerprint density at radius 3 is 2.52 bits per heavy atom. The SMILES string of the molecule is Cc1ccccc1F.O=C(NO)C1C=C(c2ccc3nc(C(F)(F)F)cnc3c2)CC1. The lowest BCUT2D eigenvalue weighted by molar-refractivity contribution is -0.141. The second-order valence-electron chi connectivity index (χ2n) is 7.02. The van der Waals surface area contributed by atoms with E-state index < -0.39 is 23.7 Å². The van der Waals surface area contributed by atoms with Gasteiger partial charge in [0.2, 0.25) is 5.91 Å². The topological polar surface area (TPSA) is 75.1 Å². The fourth-order valence-electron chi connectivity index (χ4n) is 3.15. The second kappa shape index (κ2) is 9.22. The number of aromatic nitrogens is 2. The van der Waals surface area contributed by atoms with Crippen LogP contribution in [-0.4, -0.2) is 21.1 Å². The van der Waals surface area contributed by atoms with E-state index in [4.69, 9.17) is 5.21 Å². The third-order valence-corrected chi connectivity index (χ3v) is 4.85. The average molecular weight is 433 g/mol. The van der Waals surface area contributed by atoms with E-state index in [2.05, 4.69) is 9.97 Å². The lowest BCUT2D eigenvalue weighted by atomic mass is 10.0. The normalized spacial score (nSPS) is 15.8. The molecule has 0 bridgehead atoms. The van der Waals surface area contributed by atoms with Gasteiger partial charge in [0.25, 0.3) is 0 Å². The lowest BCUT2D eigenvalue weighted by Gasteiger charge is -2.07. The van der Waals surface area contributed by atoms with Crippen molar-refractivity contribution in [3.63, 3.8) is 0 Å². The molecule has 2 aromatic carbocycles. The summed E-state index contributed by atoms with van der Waals surface area (Å²) in [6.07, 6.45) is -0.879. The van der Waals surface area contributed by atoms with E-state index in [1.165, 1.54) is 12.1 Å². The van der Waals surface area contributed by atoms with Gasteiger partial charge in [0.05, 0.1) is 23.1 Å².